The fraction of sp³-hybridized carbons (Fsp3) is 0.321. The van der Waals surface area contributed by atoms with Gasteiger partial charge in [0, 0.05) is 6.20 Å². The van der Waals surface area contributed by atoms with Crippen molar-refractivity contribution in [2.75, 3.05) is 34.0 Å². The zero-order valence-corrected chi connectivity index (χ0v) is 22.8. The van der Waals surface area contributed by atoms with E-state index in [9.17, 15) is 9.59 Å². The smallest absolute Gasteiger partial charge is 0.337 e. The summed E-state index contributed by atoms with van der Waals surface area (Å²) in [5.41, 5.74) is 1.39. The van der Waals surface area contributed by atoms with E-state index in [0.29, 0.717) is 57.7 Å². The van der Waals surface area contributed by atoms with Crippen LogP contribution in [-0.4, -0.2) is 44.6 Å². The second-order valence-electron chi connectivity index (χ2n) is 8.09. The van der Waals surface area contributed by atoms with Crippen molar-refractivity contribution in [2.45, 2.75) is 26.8 Å². The summed E-state index contributed by atoms with van der Waals surface area (Å²) in [6, 6.07) is 10.1. The van der Waals surface area contributed by atoms with Gasteiger partial charge in [-0.25, -0.2) is 9.79 Å². The number of thiazole rings is 1. The first-order chi connectivity index (χ1) is 18.4. The summed E-state index contributed by atoms with van der Waals surface area (Å²) in [5, 5.41) is 0. The molecule has 200 valence electrons. The molecule has 0 bridgehead atoms. The number of carbonyl (C=O) groups is 1. The Bertz CT molecular complexity index is 1540. The number of fused-ring (bicyclic) bond motifs is 1. The lowest BCUT2D eigenvalue weighted by atomic mass is 9.97. The number of hydrogen-bond donors (Lipinski definition) is 0. The van der Waals surface area contributed by atoms with Crippen molar-refractivity contribution in [1.29, 1.82) is 0 Å². The number of rotatable bonds is 10. The molecule has 3 aromatic rings. The highest BCUT2D eigenvalue weighted by Gasteiger charge is 2.31. The van der Waals surface area contributed by atoms with Gasteiger partial charge in [-0.15, -0.1) is 0 Å². The van der Waals surface area contributed by atoms with Gasteiger partial charge in [0.25, 0.3) is 5.56 Å². The highest BCUT2D eigenvalue weighted by molar-refractivity contribution is 7.07. The molecule has 9 nitrogen and oxygen atoms in total. The van der Waals surface area contributed by atoms with Crippen molar-refractivity contribution in [2.24, 2.45) is 4.99 Å². The zero-order valence-electron chi connectivity index (χ0n) is 22.0. The van der Waals surface area contributed by atoms with E-state index in [4.69, 9.17) is 23.7 Å². The van der Waals surface area contributed by atoms with Crippen molar-refractivity contribution in [1.82, 2.24) is 4.57 Å². The highest BCUT2D eigenvalue weighted by atomic mass is 32.1. The molecular weight excluding hydrogens is 508 g/mol. The lowest BCUT2D eigenvalue weighted by Crippen LogP contribution is -2.39. The van der Waals surface area contributed by atoms with E-state index in [1.165, 1.54) is 29.2 Å². The number of carbonyl (C=O) groups excluding carboxylic acids is 1. The van der Waals surface area contributed by atoms with Crippen LogP contribution in [0.1, 0.15) is 37.9 Å². The Morgan fingerprint density at radius 1 is 0.947 bits per heavy atom. The minimum absolute atomic E-state index is 0.237. The Labute approximate surface area is 224 Å². The van der Waals surface area contributed by atoms with Crippen LogP contribution in [0.5, 0.6) is 23.0 Å². The van der Waals surface area contributed by atoms with Gasteiger partial charge in [-0.05, 0) is 62.2 Å². The normalized spacial score (nSPS) is 14.7. The maximum absolute atomic E-state index is 13.8. The van der Waals surface area contributed by atoms with E-state index >= 15 is 0 Å². The van der Waals surface area contributed by atoms with E-state index in [2.05, 4.69) is 4.99 Å². The maximum Gasteiger partial charge on any atom is 0.337 e. The first-order valence-corrected chi connectivity index (χ1v) is 13.1. The molecule has 0 fully saturated rings. The van der Waals surface area contributed by atoms with Gasteiger partial charge in [-0.1, -0.05) is 23.5 Å². The van der Waals surface area contributed by atoms with Crippen LogP contribution in [0, 0.1) is 0 Å². The second kappa shape index (κ2) is 12.0. The van der Waals surface area contributed by atoms with Gasteiger partial charge in [-0.3, -0.25) is 9.36 Å². The van der Waals surface area contributed by atoms with Crippen LogP contribution in [0.4, 0.5) is 0 Å². The molecule has 2 aromatic carbocycles. The number of benzene rings is 2. The molecule has 0 radical (unpaired) electrons. The number of ether oxygens (including phenoxy) is 5. The molecule has 2 heterocycles. The van der Waals surface area contributed by atoms with Gasteiger partial charge in [0.05, 0.1) is 50.2 Å². The Hall–Kier alpha value is -4.05. The molecule has 0 unspecified atom stereocenters. The molecule has 0 amide bonds. The number of hydrogen-bond acceptors (Lipinski definition) is 9. The van der Waals surface area contributed by atoms with Crippen molar-refractivity contribution in [3.8, 4) is 23.0 Å². The van der Waals surface area contributed by atoms with Crippen molar-refractivity contribution in [3.05, 3.63) is 79.0 Å². The van der Waals surface area contributed by atoms with Crippen LogP contribution in [0.2, 0.25) is 0 Å². The van der Waals surface area contributed by atoms with E-state index in [-0.39, 0.29) is 11.1 Å². The third kappa shape index (κ3) is 5.31. The van der Waals surface area contributed by atoms with Gasteiger partial charge in [0.1, 0.15) is 0 Å². The number of nitrogens with zero attached hydrogens (tertiary/aromatic N) is 2. The van der Waals surface area contributed by atoms with E-state index < -0.39 is 12.0 Å². The summed E-state index contributed by atoms with van der Waals surface area (Å²) in [6.45, 7) is 7.03. The molecule has 10 heteroatoms. The average Bonchev–Trinajstić information content (AvgIpc) is 3.24. The van der Waals surface area contributed by atoms with Gasteiger partial charge in [-0.2, -0.15) is 0 Å². The van der Waals surface area contributed by atoms with Crippen LogP contribution in [-0.2, 0) is 9.53 Å². The molecule has 1 aliphatic heterocycles. The Morgan fingerprint density at radius 2 is 1.61 bits per heavy atom. The van der Waals surface area contributed by atoms with Gasteiger partial charge < -0.3 is 23.7 Å². The number of esters is 1. The summed E-state index contributed by atoms with van der Waals surface area (Å²) in [4.78, 5) is 31.4. The van der Waals surface area contributed by atoms with Gasteiger partial charge in [0.2, 0.25) is 0 Å². The van der Waals surface area contributed by atoms with E-state index in [1.54, 1.807) is 31.4 Å². The van der Waals surface area contributed by atoms with Crippen LogP contribution in [0.15, 0.2) is 58.0 Å². The van der Waals surface area contributed by atoms with Crippen LogP contribution in [0.3, 0.4) is 0 Å². The lowest BCUT2D eigenvalue weighted by molar-refractivity contribution is -0.136. The largest absolute Gasteiger partial charge is 0.493 e. The lowest BCUT2D eigenvalue weighted by Gasteiger charge is -2.23. The molecular formula is C28H30N2O7S. The first-order valence-electron chi connectivity index (χ1n) is 12.2. The SMILES string of the molecule is CCOc1cc(/C=c2\sc3n(c2=O)[C@@H](c2ccc(OCC)c(OCC)c2)C(C(=O)OC)=CN=3)ccc1OC. The monoisotopic (exact) mass is 538 g/mol. The van der Waals surface area contributed by atoms with Crippen LogP contribution in [0.25, 0.3) is 6.08 Å². The first kappa shape index (κ1) is 27.0. The summed E-state index contributed by atoms with van der Waals surface area (Å²) >= 11 is 1.23. The summed E-state index contributed by atoms with van der Waals surface area (Å²) in [6.07, 6.45) is 3.23. The fourth-order valence-corrected chi connectivity index (χ4v) is 5.16. The predicted octanol–water partition coefficient (Wildman–Crippen LogP) is 3.22. The van der Waals surface area contributed by atoms with Gasteiger partial charge in [0.15, 0.2) is 27.8 Å². The molecule has 1 aliphatic rings. The number of aromatic nitrogens is 1. The fourth-order valence-electron chi connectivity index (χ4n) is 4.19. The third-order valence-corrected chi connectivity index (χ3v) is 6.79. The molecule has 0 N–H and O–H groups in total. The Balaban J connectivity index is 1.88. The van der Waals surface area contributed by atoms with E-state index in [1.807, 2.05) is 39.0 Å². The molecule has 0 spiro atoms. The summed E-state index contributed by atoms with van der Waals surface area (Å²) in [5.74, 6) is 1.72. The van der Waals surface area contributed by atoms with Crippen LogP contribution >= 0.6 is 11.3 Å². The number of methoxy groups -OCH3 is 2. The molecule has 1 aromatic heterocycles. The highest BCUT2D eigenvalue weighted by Crippen LogP contribution is 2.35. The van der Waals surface area contributed by atoms with Crippen molar-refractivity contribution < 1.29 is 28.5 Å². The Kier molecular flexibility index (Phi) is 8.52. The molecule has 0 saturated carbocycles. The quantitative estimate of drug-likeness (QED) is 0.366. The molecule has 4 rings (SSSR count). The van der Waals surface area contributed by atoms with Crippen LogP contribution < -0.4 is 33.8 Å². The van der Waals surface area contributed by atoms with Crippen molar-refractivity contribution >= 4 is 23.4 Å². The summed E-state index contributed by atoms with van der Waals surface area (Å²) in [7, 11) is 2.88. The molecule has 0 aliphatic carbocycles. The third-order valence-electron chi connectivity index (χ3n) is 5.79. The minimum atomic E-state index is -0.759. The summed E-state index contributed by atoms with van der Waals surface area (Å²) < 4.78 is 29.5. The second-order valence-corrected chi connectivity index (χ2v) is 9.10. The van der Waals surface area contributed by atoms with E-state index in [0.717, 1.165) is 5.56 Å². The standard InChI is InChI=1S/C28H30N2O7S/c1-6-35-21-12-10-18(15-23(21)37-8-3)25-19(27(32)34-5)16-29-28-30(25)26(31)24(38-28)14-17-9-11-20(33-4)22(13-17)36-7-2/h9-16,25H,6-8H2,1-5H3/b24-14-/t25-/m0/s1. The van der Waals surface area contributed by atoms with Gasteiger partial charge >= 0.3 is 5.97 Å². The topological polar surface area (TPSA) is 97.6 Å². The van der Waals surface area contributed by atoms with Crippen molar-refractivity contribution in [3.63, 3.8) is 0 Å². The Morgan fingerprint density at radius 3 is 2.26 bits per heavy atom. The maximum atomic E-state index is 13.8. The molecule has 38 heavy (non-hydrogen) atoms. The zero-order chi connectivity index (χ0) is 27.2. The molecule has 0 saturated heterocycles. The predicted molar refractivity (Wildman–Crippen MR) is 144 cm³/mol. The average molecular weight is 539 g/mol. The minimum Gasteiger partial charge on any atom is -0.493 e. The molecule has 1 atom stereocenters.